The lowest BCUT2D eigenvalue weighted by molar-refractivity contribution is -0.149. The van der Waals surface area contributed by atoms with E-state index in [4.69, 9.17) is 10.5 Å². The molecule has 0 spiro atoms. The molecule has 1 unspecified atom stereocenters. The summed E-state index contributed by atoms with van der Waals surface area (Å²) in [5, 5.41) is 0. The van der Waals surface area contributed by atoms with E-state index in [9.17, 15) is 9.59 Å². The molecule has 0 amide bonds. The van der Waals surface area contributed by atoms with Crippen LogP contribution in [0.1, 0.15) is 20.8 Å². The van der Waals surface area contributed by atoms with Crippen molar-refractivity contribution in [1.82, 2.24) is 0 Å². The highest BCUT2D eigenvalue weighted by atomic mass is 32.2. The van der Waals surface area contributed by atoms with Gasteiger partial charge in [0, 0.05) is 11.5 Å². The van der Waals surface area contributed by atoms with Gasteiger partial charge in [0.05, 0.1) is 19.1 Å². The van der Waals surface area contributed by atoms with Gasteiger partial charge in [0.25, 0.3) is 0 Å². The van der Waals surface area contributed by atoms with Crippen molar-refractivity contribution in [3.05, 3.63) is 0 Å². The van der Waals surface area contributed by atoms with Crippen molar-refractivity contribution >= 4 is 23.7 Å². The van der Waals surface area contributed by atoms with Gasteiger partial charge in [-0.3, -0.25) is 9.59 Å². The largest absolute Gasteiger partial charge is 0.469 e. The number of nitrogens with two attached hydrogens (primary N) is 1. The third-order valence-electron chi connectivity index (χ3n) is 2.09. The summed E-state index contributed by atoms with van der Waals surface area (Å²) in [6.45, 7) is 5.65. The lowest BCUT2D eigenvalue weighted by Crippen LogP contribution is -2.36. The van der Waals surface area contributed by atoms with E-state index in [0.717, 1.165) is 0 Å². The number of hydrogen-bond acceptors (Lipinski definition) is 6. The molecule has 0 radical (unpaired) electrons. The average Bonchev–Trinajstić information content (AvgIpc) is 2.27. The number of carbonyl (C=O) groups is 2. The SMILES string of the molecule is CCOC(=O)C(N)CSCC(C)(C)C(=O)OC. The standard InChI is InChI=1S/C11H21NO4S/c1-5-16-9(13)8(12)6-17-7-11(2,3)10(14)15-4/h8H,5-7,12H2,1-4H3. The second-order valence-electron chi connectivity index (χ2n) is 4.25. The topological polar surface area (TPSA) is 78.6 Å². The Labute approximate surface area is 106 Å². The number of thioether (sulfide) groups is 1. The number of carbonyl (C=O) groups excluding carboxylic acids is 2. The molecule has 100 valence electrons. The third-order valence-corrected chi connectivity index (χ3v) is 3.61. The van der Waals surface area contributed by atoms with Crippen molar-refractivity contribution in [2.45, 2.75) is 26.8 Å². The molecule has 0 aromatic rings. The maximum atomic E-state index is 11.4. The Hall–Kier alpha value is -0.750. The van der Waals surface area contributed by atoms with Gasteiger partial charge in [0.15, 0.2) is 0 Å². The molecule has 1 atom stereocenters. The summed E-state index contributed by atoms with van der Waals surface area (Å²) >= 11 is 1.44. The zero-order valence-corrected chi connectivity index (χ0v) is 11.6. The van der Waals surface area contributed by atoms with Gasteiger partial charge in [-0.15, -0.1) is 0 Å². The first-order valence-electron chi connectivity index (χ1n) is 5.43. The second kappa shape index (κ2) is 7.55. The molecule has 0 rings (SSSR count). The van der Waals surface area contributed by atoms with Crippen molar-refractivity contribution in [2.24, 2.45) is 11.1 Å². The van der Waals surface area contributed by atoms with Crippen LogP contribution in [-0.4, -0.2) is 43.2 Å². The molecule has 0 heterocycles. The van der Waals surface area contributed by atoms with Crippen LogP contribution in [0.25, 0.3) is 0 Å². The minimum atomic E-state index is -0.645. The van der Waals surface area contributed by atoms with Crippen LogP contribution >= 0.6 is 11.8 Å². The normalized spacial score (nSPS) is 13.0. The summed E-state index contributed by atoms with van der Waals surface area (Å²) in [6.07, 6.45) is 0. The quantitative estimate of drug-likeness (QED) is 0.685. The maximum Gasteiger partial charge on any atom is 0.323 e. The van der Waals surface area contributed by atoms with Gasteiger partial charge in [-0.25, -0.2) is 0 Å². The van der Waals surface area contributed by atoms with Crippen molar-refractivity contribution in [2.75, 3.05) is 25.2 Å². The van der Waals surface area contributed by atoms with E-state index in [0.29, 0.717) is 18.1 Å². The number of esters is 2. The number of methoxy groups -OCH3 is 1. The minimum Gasteiger partial charge on any atom is -0.469 e. The van der Waals surface area contributed by atoms with Gasteiger partial charge in [-0.2, -0.15) is 11.8 Å². The van der Waals surface area contributed by atoms with Crippen LogP contribution in [0, 0.1) is 5.41 Å². The smallest absolute Gasteiger partial charge is 0.323 e. The van der Waals surface area contributed by atoms with E-state index >= 15 is 0 Å². The second-order valence-corrected chi connectivity index (χ2v) is 5.28. The summed E-state index contributed by atoms with van der Waals surface area (Å²) in [6, 6.07) is -0.645. The van der Waals surface area contributed by atoms with Gasteiger partial charge in [0.1, 0.15) is 6.04 Å². The molecule has 0 aliphatic rings. The molecular formula is C11H21NO4S. The Bertz CT molecular complexity index is 268. The molecule has 0 saturated carbocycles. The fraction of sp³-hybridized carbons (Fsp3) is 0.818. The molecule has 0 aromatic carbocycles. The molecule has 6 heteroatoms. The first-order valence-corrected chi connectivity index (χ1v) is 6.59. The van der Waals surface area contributed by atoms with Crippen molar-refractivity contribution in [3.63, 3.8) is 0 Å². The average molecular weight is 263 g/mol. The molecule has 17 heavy (non-hydrogen) atoms. The molecule has 5 nitrogen and oxygen atoms in total. The van der Waals surface area contributed by atoms with Crippen LogP contribution in [0.5, 0.6) is 0 Å². The van der Waals surface area contributed by atoms with E-state index in [-0.39, 0.29) is 5.97 Å². The Morgan fingerprint density at radius 3 is 2.47 bits per heavy atom. The van der Waals surface area contributed by atoms with E-state index in [1.165, 1.54) is 18.9 Å². The summed E-state index contributed by atoms with van der Waals surface area (Å²) in [7, 11) is 1.36. The molecule has 0 fully saturated rings. The molecule has 0 aromatic heterocycles. The minimum absolute atomic E-state index is 0.269. The van der Waals surface area contributed by atoms with Gasteiger partial charge >= 0.3 is 11.9 Å². The molecule has 2 N–H and O–H groups in total. The molecule has 0 saturated heterocycles. The number of hydrogen-bond donors (Lipinski definition) is 1. The van der Waals surface area contributed by atoms with E-state index < -0.39 is 17.4 Å². The molecule has 0 aliphatic carbocycles. The van der Waals surface area contributed by atoms with Crippen molar-refractivity contribution in [1.29, 1.82) is 0 Å². The van der Waals surface area contributed by atoms with E-state index in [1.54, 1.807) is 20.8 Å². The van der Waals surface area contributed by atoms with E-state index in [2.05, 4.69) is 4.74 Å². The van der Waals surface area contributed by atoms with Gasteiger partial charge < -0.3 is 15.2 Å². The first kappa shape index (κ1) is 16.2. The van der Waals surface area contributed by atoms with Gasteiger partial charge in [0.2, 0.25) is 0 Å². The lowest BCUT2D eigenvalue weighted by Gasteiger charge is -2.21. The Kier molecular flexibility index (Phi) is 7.22. The summed E-state index contributed by atoms with van der Waals surface area (Å²) < 4.78 is 9.47. The number of ether oxygens (including phenoxy) is 2. The fourth-order valence-electron chi connectivity index (χ4n) is 1.09. The third kappa shape index (κ3) is 5.93. The highest BCUT2D eigenvalue weighted by Gasteiger charge is 2.29. The molecule has 0 bridgehead atoms. The van der Waals surface area contributed by atoms with Crippen LogP contribution in [0.4, 0.5) is 0 Å². The summed E-state index contributed by atoms with van der Waals surface area (Å²) in [5.74, 6) is 0.303. The highest BCUT2D eigenvalue weighted by molar-refractivity contribution is 7.99. The van der Waals surface area contributed by atoms with Crippen LogP contribution in [0.3, 0.4) is 0 Å². The van der Waals surface area contributed by atoms with E-state index in [1.807, 2.05) is 0 Å². The lowest BCUT2D eigenvalue weighted by atomic mass is 9.97. The van der Waals surface area contributed by atoms with Gasteiger partial charge in [-0.1, -0.05) is 0 Å². The Morgan fingerprint density at radius 2 is 2.00 bits per heavy atom. The molecular weight excluding hydrogens is 242 g/mol. The Morgan fingerprint density at radius 1 is 1.41 bits per heavy atom. The van der Waals surface area contributed by atoms with Crippen LogP contribution < -0.4 is 5.73 Å². The van der Waals surface area contributed by atoms with Crippen LogP contribution in [0.15, 0.2) is 0 Å². The first-order chi connectivity index (χ1) is 7.85. The van der Waals surface area contributed by atoms with Crippen LogP contribution in [0.2, 0.25) is 0 Å². The monoisotopic (exact) mass is 263 g/mol. The molecule has 0 aliphatic heterocycles. The van der Waals surface area contributed by atoms with Gasteiger partial charge in [-0.05, 0) is 20.8 Å². The number of rotatable bonds is 7. The zero-order chi connectivity index (χ0) is 13.5. The highest BCUT2D eigenvalue weighted by Crippen LogP contribution is 2.23. The maximum absolute atomic E-state index is 11.4. The zero-order valence-electron chi connectivity index (χ0n) is 10.8. The fourth-order valence-corrected chi connectivity index (χ4v) is 2.23. The predicted molar refractivity (Wildman–Crippen MR) is 67.7 cm³/mol. The van der Waals surface area contributed by atoms with Crippen molar-refractivity contribution in [3.8, 4) is 0 Å². The Balaban J connectivity index is 3.98. The summed E-state index contributed by atoms with van der Waals surface area (Å²) in [4.78, 5) is 22.6. The predicted octanol–water partition coefficient (Wildman–Crippen LogP) is 0.809. The summed E-state index contributed by atoms with van der Waals surface area (Å²) in [5.41, 5.74) is 5.05. The van der Waals surface area contributed by atoms with Crippen molar-refractivity contribution < 1.29 is 19.1 Å². The van der Waals surface area contributed by atoms with Crippen LogP contribution in [-0.2, 0) is 19.1 Å².